The van der Waals surface area contributed by atoms with Gasteiger partial charge in [-0.25, -0.2) is 0 Å². The van der Waals surface area contributed by atoms with Gasteiger partial charge in [0.15, 0.2) is 5.78 Å². The highest BCUT2D eigenvalue weighted by molar-refractivity contribution is 6.30. The topological polar surface area (TPSA) is 29.1 Å². The predicted molar refractivity (Wildman–Crippen MR) is 75.0 cm³/mol. The van der Waals surface area contributed by atoms with E-state index in [1.165, 1.54) is 6.08 Å². The second-order valence-corrected chi connectivity index (χ2v) is 4.15. The van der Waals surface area contributed by atoms with Gasteiger partial charge in [0.2, 0.25) is 0 Å². The lowest BCUT2D eigenvalue weighted by atomic mass is 10.1. The van der Waals surface area contributed by atoms with E-state index in [2.05, 4.69) is 5.32 Å². The Morgan fingerprint density at radius 2 is 1.83 bits per heavy atom. The van der Waals surface area contributed by atoms with E-state index in [4.69, 9.17) is 11.6 Å². The second kappa shape index (κ2) is 6.03. The zero-order valence-electron chi connectivity index (χ0n) is 9.64. The Morgan fingerprint density at radius 3 is 2.56 bits per heavy atom. The van der Waals surface area contributed by atoms with Crippen LogP contribution in [0.3, 0.4) is 0 Å². The van der Waals surface area contributed by atoms with Crippen LogP contribution in [0.25, 0.3) is 0 Å². The van der Waals surface area contributed by atoms with Crippen molar-refractivity contribution < 1.29 is 4.79 Å². The Labute approximate surface area is 111 Å². The first-order chi connectivity index (χ1) is 8.75. The van der Waals surface area contributed by atoms with Gasteiger partial charge in [0.1, 0.15) is 0 Å². The summed E-state index contributed by atoms with van der Waals surface area (Å²) >= 11 is 5.85. The molecule has 0 aliphatic rings. The summed E-state index contributed by atoms with van der Waals surface area (Å²) in [5.74, 6) is -0.0369. The van der Waals surface area contributed by atoms with Crippen molar-refractivity contribution in [3.63, 3.8) is 0 Å². The van der Waals surface area contributed by atoms with Crippen LogP contribution in [0.15, 0.2) is 66.9 Å². The Hall–Kier alpha value is -2.06. The fraction of sp³-hybridized carbons (Fsp3) is 0. The Bertz CT molecular complexity index is 564. The maximum atomic E-state index is 11.7. The van der Waals surface area contributed by atoms with Gasteiger partial charge in [0, 0.05) is 28.5 Å². The van der Waals surface area contributed by atoms with Crippen LogP contribution < -0.4 is 5.32 Å². The molecule has 0 saturated carbocycles. The highest BCUT2D eigenvalue weighted by Gasteiger charge is 1.98. The summed E-state index contributed by atoms with van der Waals surface area (Å²) in [6.45, 7) is 0. The van der Waals surface area contributed by atoms with Crippen LogP contribution >= 0.6 is 11.6 Å². The molecule has 0 amide bonds. The van der Waals surface area contributed by atoms with Gasteiger partial charge in [-0.3, -0.25) is 4.79 Å². The molecule has 0 fully saturated rings. The van der Waals surface area contributed by atoms with Crippen molar-refractivity contribution in [3.05, 3.63) is 77.5 Å². The van der Waals surface area contributed by atoms with Gasteiger partial charge in [0.05, 0.1) is 0 Å². The third kappa shape index (κ3) is 3.47. The summed E-state index contributed by atoms with van der Waals surface area (Å²) in [5.41, 5.74) is 1.52. The molecule has 18 heavy (non-hydrogen) atoms. The van der Waals surface area contributed by atoms with E-state index in [1.54, 1.807) is 30.5 Å². The first-order valence-corrected chi connectivity index (χ1v) is 5.91. The van der Waals surface area contributed by atoms with E-state index in [1.807, 2.05) is 30.3 Å². The Balaban J connectivity index is 1.98. The van der Waals surface area contributed by atoms with Gasteiger partial charge in [-0.2, -0.15) is 0 Å². The number of ketones is 1. The molecule has 0 spiro atoms. The normalized spacial score (nSPS) is 10.5. The fourth-order valence-corrected chi connectivity index (χ4v) is 1.68. The monoisotopic (exact) mass is 257 g/mol. The highest BCUT2D eigenvalue weighted by Crippen LogP contribution is 2.14. The van der Waals surface area contributed by atoms with Crippen molar-refractivity contribution in [1.29, 1.82) is 0 Å². The quantitative estimate of drug-likeness (QED) is 0.659. The zero-order chi connectivity index (χ0) is 12.8. The maximum absolute atomic E-state index is 11.7. The zero-order valence-corrected chi connectivity index (χ0v) is 10.4. The largest absolute Gasteiger partial charge is 0.362 e. The summed E-state index contributed by atoms with van der Waals surface area (Å²) in [6, 6.07) is 16.4. The summed E-state index contributed by atoms with van der Waals surface area (Å²) < 4.78 is 0. The van der Waals surface area contributed by atoms with Gasteiger partial charge in [0.25, 0.3) is 0 Å². The van der Waals surface area contributed by atoms with Crippen LogP contribution in [-0.2, 0) is 0 Å². The van der Waals surface area contributed by atoms with Crippen LogP contribution in [0.5, 0.6) is 0 Å². The number of nitrogens with one attached hydrogen (secondary N) is 1. The van der Waals surface area contributed by atoms with Crippen molar-refractivity contribution in [2.75, 3.05) is 5.32 Å². The van der Waals surface area contributed by atoms with Crippen molar-refractivity contribution in [3.8, 4) is 0 Å². The first-order valence-electron chi connectivity index (χ1n) is 5.54. The molecule has 2 aromatic rings. The summed E-state index contributed by atoms with van der Waals surface area (Å²) in [6.07, 6.45) is 3.11. The van der Waals surface area contributed by atoms with E-state index in [0.29, 0.717) is 10.6 Å². The fourth-order valence-electron chi connectivity index (χ4n) is 1.49. The standard InChI is InChI=1S/C15H12ClNO/c16-13-7-4-8-14(11-13)17-10-9-15(18)12-5-2-1-3-6-12/h1-11,17H. The molecule has 0 aliphatic heterocycles. The average molecular weight is 258 g/mol. The smallest absolute Gasteiger partial charge is 0.187 e. The molecule has 0 radical (unpaired) electrons. The number of hydrogen-bond acceptors (Lipinski definition) is 2. The summed E-state index contributed by atoms with van der Waals surface area (Å²) in [5, 5.41) is 3.66. The van der Waals surface area contributed by atoms with Crippen LogP contribution in [-0.4, -0.2) is 5.78 Å². The van der Waals surface area contributed by atoms with Crippen molar-refractivity contribution in [1.82, 2.24) is 0 Å². The molecule has 0 atom stereocenters. The lowest BCUT2D eigenvalue weighted by molar-refractivity contribution is 0.104. The summed E-state index contributed by atoms with van der Waals surface area (Å²) in [4.78, 5) is 11.7. The number of rotatable bonds is 4. The highest BCUT2D eigenvalue weighted by atomic mass is 35.5. The molecule has 0 unspecified atom stereocenters. The first kappa shape index (κ1) is 12.4. The van der Waals surface area contributed by atoms with E-state index >= 15 is 0 Å². The maximum Gasteiger partial charge on any atom is 0.187 e. The predicted octanol–water partition coefficient (Wildman–Crippen LogP) is 4.15. The number of benzene rings is 2. The van der Waals surface area contributed by atoms with Crippen LogP contribution in [0, 0.1) is 0 Å². The minimum Gasteiger partial charge on any atom is -0.362 e. The minimum atomic E-state index is -0.0369. The minimum absolute atomic E-state index is 0.0369. The lowest BCUT2D eigenvalue weighted by Gasteiger charge is -2.00. The van der Waals surface area contributed by atoms with Crippen LogP contribution in [0.2, 0.25) is 5.02 Å². The molecular weight excluding hydrogens is 246 g/mol. The molecule has 0 aliphatic carbocycles. The van der Waals surface area contributed by atoms with Crippen LogP contribution in [0.1, 0.15) is 10.4 Å². The number of carbonyl (C=O) groups excluding carboxylic acids is 1. The number of halogens is 1. The Kier molecular flexibility index (Phi) is 4.15. The van der Waals surface area contributed by atoms with E-state index in [9.17, 15) is 4.79 Å². The van der Waals surface area contributed by atoms with E-state index in [0.717, 1.165) is 5.69 Å². The molecular formula is C15H12ClNO. The molecule has 0 heterocycles. The number of carbonyl (C=O) groups is 1. The summed E-state index contributed by atoms with van der Waals surface area (Å²) in [7, 11) is 0. The molecule has 1 N–H and O–H groups in total. The number of anilines is 1. The molecule has 90 valence electrons. The molecule has 2 nitrogen and oxygen atoms in total. The van der Waals surface area contributed by atoms with Gasteiger partial charge in [-0.05, 0) is 18.2 Å². The Morgan fingerprint density at radius 1 is 1.06 bits per heavy atom. The van der Waals surface area contributed by atoms with Gasteiger partial charge < -0.3 is 5.32 Å². The van der Waals surface area contributed by atoms with Gasteiger partial charge >= 0.3 is 0 Å². The molecule has 0 aromatic heterocycles. The third-order valence-corrected chi connectivity index (χ3v) is 2.60. The molecule has 2 aromatic carbocycles. The molecule has 3 heteroatoms. The third-order valence-electron chi connectivity index (χ3n) is 2.37. The van der Waals surface area contributed by atoms with Gasteiger partial charge in [-0.1, -0.05) is 48.0 Å². The second-order valence-electron chi connectivity index (χ2n) is 3.72. The number of allylic oxidation sites excluding steroid dienone is 1. The number of hydrogen-bond donors (Lipinski definition) is 1. The molecule has 0 bridgehead atoms. The molecule has 2 rings (SSSR count). The van der Waals surface area contributed by atoms with Crippen molar-refractivity contribution >= 4 is 23.1 Å². The van der Waals surface area contributed by atoms with Crippen LogP contribution in [0.4, 0.5) is 5.69 Å². The molecule has 0 saturated heterocycles. The van der Waals surface area contributed by atoms with Gasteiger partial charge in [-0.15, -0.1) is 0 Å². The average Bonchev–Trinajstić information content (AvgIpc) is 2.40. The lowest BCUT2D eigenvalue weighted by Crippen LogP contribution is -1.95. The SMILES string of the molecule is O=C(C=CNc1cccc(Cl)c1)c1ccccc1. The van der Waals surface area contributed by atoms with Crippen molar-refractivity contribution in [2.45, 2.75) is 0 Å². The van der Waals surface area contributed by atoms with Crippen molar-refractivity contribution in [2.24, 2.45) is 0 Å². The van der Waals surface area contributed by atoms with E-state index in [-0.39, 0.29) is 5.78 Å². The van der Waals surface area contributed by atoms with E-state index < -0.39 is 0 Å².